The van der Waals surface area contributed by atoms with E-state index in [1.54, 1.807) is 6.07 Å². The smallest absolute Gasteiger partial charge is 0.220 e. The Morgan fingerprint density at radius 2 is 1.83 bits per heavy atom. The van der Waals surface area contributed by atoms with Crippen LogP contribution >= 0.6 is 23.2 Å². The van der Waals surface area contributed by atoms with Gasteiger partial charge in [0.25, 0.3) is 0 Å². The number of carbonyl (C=O) groups excluding carboxylic acids is 1. The van der Waals surface area contributed by atoms with Gasteiger partial charge in [-0.2, -0.15) is 0 Å². The van der Waals surface area contributed by atoms with Crippen molar-refractivity contribution in [1.82, 2.24) is 5.32 Å². The Bertz CT molecular complexity index is 728. The van der Waals surface area contributed by atoms with Crippen LogP contribution in [0.25, 0.3) is 0 Å². The molecule has 1 amide bonds. The first-order valence-electron chi connectivity index (χ1n) is 8.21. The number of halogens is 2. The number of hydrogen-bond acceptors (Lipinski definition) is 1. The Hall–Kier alpha value is -1.51. The summed E-state index contributed by atoms with van der Waals surface area (Å²) in [6.07, 6.45) is 1.94. The number of nitrogens with one attached hydrogen (secondary N) is 1. The quantitative estimate of drug-likeness (QED) is 0.688. The number of rotatable bonds is 6. The van der Waals surface area contributed by atoms with Crippen molar-refractivity contribution in [2.75, 3.05) is 0 Å². The molecule has 2 rings (SSSR count). The van der Waals surface area contributed by atoms with Crippen molar-refractivity contribution in [3.05, 3.63) is 68.7 Å². The van der Waals surface area contributed by atoms with E-state index < -0.39 is 0 Å². The Balaban J connectivity index is 1.97. The molecule has 24 heavy (non-hydrogen) atoms. The summed E-state index contributed by atoms with van der Waals surface area (Å²) in [5.41, 5.74) is 4.65. The summed E-state index contributed by atoms with van der Waals surface area (Å²) in [5.74, 6) is 0.0490. The highest BCUT2D eigenvalue weighted by molar-refractivity contribution is 6.42. The van der Waals surface area contributed by atoms with E-state index in [0.29, 0.717) is 22.9 Å². The molecule has 0 aliphatic rings. The van der Waals surface area contributed by atoms with Crippen molar-refractivity contribution < 1.29 is 4.79 Å². The Kier molecular flexibility index (Phi) is 6.70. The number of amides is 1. The van der Waals surface area contributed by atoms with Gasteiger partial charge in [-0.25, -0.2) is 0 Å². The van der Waals surface area contributed by atoms with E-state index in [1.165, 1.54) is 16.7 Å². The second-order valence-corrected chi connectivity index (χ2v) is 6.95. The highest BCUT2D eigenvalue weighted by Crippen LogP contribution is 2.24. The zero-order chi connectivity index (χ0) is 17.7. The number of aryl methyl sites for hydroxylation is 3. The molecule has 0 saturated heterocycles. The summed E-state index contributed by atoms with van der Waals surface area (Å²) < 4.78 is 0. The molecule has 2 aromatic carbocycles. The zero-order valence-electron chi connectivity index (χ0n) is 14.3. The van der Waals surface area contributed by atoms with Crippen LogP contribution in [-0.4, -0.2) is 5.91 Å². The average molecular weight is 364 g/mol. The van der Waals surface area contributed by atoms with Gasteiger partial charge in [-0.15, -0.1) is 0 Å². The lowest BCUT2D eigenvalue weighted by atomic mass is 9.97. The predicted octanol–water partition coefficient (Wildman–Crippen LogP) is 5.81. The summed E-state index contributed by atoms with van der Waals surface area (Å²) in [7, 11) is 0. The van der Waals surface area contributed by atoms with Crippen molar-refractivity contribution in [2.45, 2.75) is 46.1 Å². The fourth-order valence-corrected chi connectivity index (χ4v) is 3.16. The van der Waals surface area contributed by atoms with E-state index in [1.807, 2.05) is 12.1 Å². The van der Waals surface area contributed by atoms with E-state index in [-0.39, 0.29) is 11.9 Å². The number of benzene rings is 2. The molecule has 0 aromatic heterocycles. The van der Waals surface area contributed by atoms with Gasteiger partial charge in [0.05, 0.1) is 16.1 Å². The maximum absolute atomic E-state index is 12.3. The lowest BCUT2D eigenvalue weighted by Crippen LogP contribution is -2.28. The van der Waals surface area contributed by atoms with E-state index in [9.17, 15) is 4.79 Å². The molecule has 0 heterocycles. The SMILES string of the molecule is CCC(NC(=O)CCc1ccc(Cl)c(Cl)c1)c1ccc(C)cc1C. The van der Waals surface area contributed by atoms with Crippen molar-refractivity contribution in [3.8, 4) is 0 Å². The van der Waals surface area contributed by atoms with E-state index in [4.69, 9.17) is 23.2 Å². The van der Waals surface area contributed by atoms with Crippen LogP contribution in [0, 0.1) is 13.8 Å². The molecule has 0 aliphatic carbocycles. The molecule has 0 radical (unpaired) electrons. The van der Waals surface area contributed by atoms with Gasteiger partial charge < -0.3 is 5.32 Å². The molecular formula is C20H23Cl2NO. The second-order valence-electron chi connectivity index (χ2n) is 6.14. The third-order valence-corrected chi connectivity index (χ3v) is 4.91. The molecule has 1 N–H and O–H groups in total. The largest absolute Gasteiger partial charge is 0.349 e. The molecule has 4 heteroatoms. The summed E-state index contributed by atoms with van der Waals surface area (Å²) in [4.78, 5) is 12.3. The predicted molar refractivity (Wildman–Crippen MR) is 102 cm³/mol. The molecule has 0 fully saturated rings. The van der Waals surface area contributed by atoms with Crippen LogP contribution in [0.1, 0.15) is 48.1 Å². The minimum absolute atomic E-state index is 0.0481. The maximum Gasteiger partial charge on any atom is 0.220 e. The standard InChI is InChI=1S/C20H23Cl2NO/c1-4-19(16-8-5-13(2)11-14(16)3)23-20(24)10-7-15-6-9-17(21)18(22)12-15/h5-6,8-9,11-12,19H,4,7,10H2,1-3H3,(H,23,24). The molecule has 0 bridgehead atoms. The van der Waals surface area contributed by atoms with Gasteiger partial charge >= 0.3 is 0 Å². The van der Waals surface area contributed by atoms with Crippen LogP contribution in [0.15, 0.2) is 36.4 Å². The first-order chi connectivity index (χ1) is 11.4. The Morgan fingerprint density at radius 3 is 2.46 bits per heavy atom. The molecule has 1 unspecified atom stereocenters. The van der Waals surface area contributed by atoms with Gasteiger partial charge in [0.15, 0.2) is 0 Å². The monoisotopic (exact) mass is 363 g/mol. The molecule has 2 aromatic rings. The molecule has 1 atom stereocenters. The molecule has 2 nitrogen and oxygen atoms in total. The van der Waals surface area contributed by atoms with E-state index in [0.717, 1.165) is 12.0 Å². The van der Waals surface area contributed by atoms with Crippen LogP contribution in [0.3, 0.4) is 0 Å². The molecule has 0 spiro atoms. The summed E-state index contributed by atoms with van der Waals surface area (Å²) in [5, 5.41) is 4.20. The van der Waals surface area contributed by atoms with Gasteiger partial charge in [0, 0.05) is 6.42 Å². The third kappa shape index (κ3) is 4.99. The van der Waals surface area contributed by atoms with Crippen LogP contribution in [0.2, 0.25) is 10.0 Å². The highest BCUT2D eigenvalue weighted by atomic mass is 35.5. The van der Waals surface area contributed by atoms with Gasteiger partial charge in [-0.3, -0.25) is 4.79 Å². The minimum Gasteiger partial charge on any atom is -0.349 e. The average Bonchev–Trinajstić information content (AvgIpc) is 2.54. The van der Waals surface area contributed by atoms with E-state index in [2.05, 4.69) is 44.3 Å². The van der Waals surface area contributed by atoms with Gasteiger partial charge in [-0.1, -0.05) is 60.0 Å². The number of carbonyl (C=O) groups is 1. The first kappa shape index (κ1) is 18.8. The third-order valence-electron chi connectivity index (χ3n) is 4.17. The van der Waals surface area contributed by atoms with Crippen LogP contribution in [-0.2, 0) is 11.2 Å². The van der Waals surface area contributed by atoms with Gasteiger partial charge in [0.2, 0.25) is 5.91 Å². The van der Waals surface area contributed by atoms with Crippen molar-refractivity contribution >= 4 is 29.1 Å². The lowest BCUT2D eigenvalue weighted by molar-refractivity contribution is -0.121. The molecule has 0 aliphatic heterocycles. The highest BCUT2D eigenvalue weighted by Gasteiger charge is 2.15. The maximum atomic E-state index is 12.3. The minimum atomic E-state index is 0.0481. The molecule has 128 valence electrons. The van der Waals surface area contributed by atoms with Crippen molar-refractivity contribution in [1.29, 1.82) is 0 Å². The summed E-state index contributed by atoms with van der Waals surface area (Å²) >= 11 is 11.9. The number of hydrogen-bond donors (Lipinski definition) is 1. The normalized spacial score (nSPS) is 12.0. The topological polar surface area (TPSA) is 29.1 Å². The zero-order valence-corrected chi connectivity index (χ0v) is 15.8. The summed E-state index contributed by atoms with van der Waals surface area (Å²) in [6.45, 7) is 6.25. The fraction of sp³-hybridized carbons (Fsp3) is 0.350. The van der Waals surface area contributed by atoms with E-state index >= 15 is 0 Å². The van der Waals surface area contributed by atoms with Crippen LogP contribution in [0.5, 0.6) is 0 Å². The fourth-order valence-electron chi connectivity index (χ4n) is 2.84. The van der Waals surface area contributed by atoms with Crippen molar-refractivity contribution in [2.24, 2.45) is 0 Å². The van der Waals surface area contributed by atoms with Crippen LogP contribution in [0.4, 0.5) is 0 Å². The first-order valence-corrected chi connectivity index (χ1v) is 8.96. The lowest BCUT2D eigenvalue weighted by Gasteiger charge is -2.20. The van der Waals surface area contributed by atoms with Gasteiger partial charge in [0.1, 0.15) is 0 Å². The Labute approximate surface area is 154 Å². The van der Waals surface area contributed by atoms with Crippen molar-refractivity contribution in [3.63, 3.8) is 0 Å². The Morgan fingerprint density at radius 1 is 1.08 bits per heavy atom. The molecule has 0 saturated carbocycles. The van der Waals surface area contributed by atoms with Gasteiger partial charge in [-0.05, 0) is 55.5 Å². The second kappa shape index (κ2) is 8.55. The van der Waals surface area contributed by atoms with Crippen LogP contribution < -0.4 is 5.32 Å². The molecular weight excluding hydrogens is 341 g/mol. The summed E-state index contributed by atoms with van der Waals surface area (Å²) in [6, 6.07) is 11.9.